The van der Waals surface area contributed by atoms with Crippen LogP contribution in [0.3, 0.4) is 0 Å². The number of likely N-dealkylation sites (N-methyl/N-ethyl adjacent to an activating group) is 1. The molecule has 0 saturated carbocycles. The molecule has 0 radical (unpaired) electrons. The molecule has 0 fully saturated rings. The normalized spacial score (nSPS) is 12.5. The van der Waals surface area contributed by atoms with Crippen LogP contribution in [-0.2, 0) is 7.05 Å². The Bertz CT molecular complexity index is 709. The molecule has 1 atom stereocenters. The van der Waals surface area contributed by atoms with Crippen LogP contribution in [0.1, 0.15) is 33.4 Å². The van der Waals surface area contributed by atoms with Crippen LogP contribution in [0.15, 0.2) is 24.3 Å². The van der Waals surface area contributed by atoms with Gasteiger partial charge in [0.25, 0.3) is 5.91 Å². The third kappa shape index (κ3) is 3.76. The summed E-state index contributed by atoms with van der Waals surface area (Å²) >= 11 is 0. The number of halogens is 1. The maximum absolute atomic E-state index is 13.4. The minimum Gasteiger partial charge on any atom is -0.350 e. The molecule has 5 nitrogen and oxygen atoms in total. The first-order valence-electron chi connectivity index (χ1n) is 7.51. The van der Waals surface area contributed by atoms with Crippen molar-refractivity contribution in [1.29, 1.82) is 0 Å². The number of nitrogens with zero attached hydrogens (tertiary/aromatic N) is 3. The lowest BCUT2D eigenvalue weighted by Gasteiger charge is -2.25. The molecule has 1 aromatic carbocycles. The van der Waals surface area contributed by atoms with Crippen molar-refractivity contribution in [1.82, 2.24) is 20.0 Å². The van der Waals surface area contributed by atoms with E-state index in [9.17, 15) is 9.18 Å². The number of amides is 1. The highest BCUT2D eigenvalue weighted by Crippen LogP contribution is 2.19. The summed E-state index contributed by atoms with van der Waals surface area (Å²) in [5, 5.41) is 7.20. The molecule has 0 aliphatic rings. The van der Waals surface area contributed by atoms with Crippen LogP contribution < -0.4 is 5.32 Å². The van der Waals surface area contributed by atoms with E-state index in [0.717, 1.165) is 11.3 Å². The van der Waals surface area contributed by atoms with Crippen LogP contribution in [0, 0.1) is 19.7 Å². The second-order valence-electron chi connectivity index (χ2n) is 5.91. The number of hydrogen-bond donors (Lipinski definition) is 1. The summed E-state index contributed by atoms with van der Waals surface area (Å²) in [6, 6.07) is 6.35. The van der Waals surface area contributed by atoms with Gasteiger partial charge in [0.1, 0.15) is 5.82 Å². The fraction of sp³-hybridized carbons (Fsp3) is 0.412. The van der Waals surface area contributed by atoms with E-state index in [1.54, 1.807) is 10.7 Å². The van der Waals surface area contributed by atoms with Gasteiger partial charge in [-0.3, -0.25) is 9.48 Å². The van der Waals surface area contributed by atoms with Crippen LogP contribution >= 0.6 is 0 Å². The maximum atomic E-state index is 13.4. The minimum atomic E-state index is -0.278. The van der Waals surface area contributed by atoms with Gasteiger partial charge in [-0.25, -0.2) is 4.39 Å². The summed E-state index contributed by atoms with van der Waals surface area (Å²) in [7, 11) is 5.62. The predicted molar refractivity (Wildman–Crippen MR) is 87.8 cm³/mol. The van der Waals surface area contributed by atoms with Crippen molar-refractivity contribution in [3.63, 3.8) is 0 Å². The molecule has 2 aromatic rings. The summed E-state index contributed by atoms with van der Waals surface area (Å²) in [4.78, 5) is 14.4. The van der Waals surface area contributed by atoms with E-state index in [4.69, 9.17) is 0 Å². The highest BCUT2D eigenvalue weighted by atomic mass is 19.1. The molecule has 6 heteroatoms. The molecular formula is C17H23FN4O. The molecule has 1 unspecified atom stereocenters. The van der Waals surface area contributed by atoms with Crippen LogP contribution in [0.2, 0.25) is 0 Å². The highest BCUT2D eigenvalue weighted by molar-refractivity contribution is 5.96. The molecule has 1 aromatic heterocycles. The predicted octanol–water partition coefficient (Wildman–Crippen LogP) is 2.21. The Kier molecular flexibility index (Phi) is 5.15. The quantitative estimate of drug-likeness (QED) is 0.919. The number of nitrogens with one attached hydrogen (secondary N) is 1. The lowest BCUT2D eigenvalue weighted by molar-refractivity contribution is 0.0940. The highest BCUT2D eigenvalue weighted by Gasteiger charge is 2.20. The molecule has 1 heterocycles. The summed E-state index contributed by atoms with van der Waals surface area (Å²) < 4.78 is 15.1. The fourth-order valence-corrected chi connectivity index (χ4v) is 2.69. The van der Waals surface area contributed by atoms with Crippen molar-refractivity contribution in [3.8, 4) is 0 Å². The molecule has 1 N–H and O–H groups in total. The van der Waals surface area contributed by atoms with Gasteiger partial charge in [0.05, 0.1) is 17.3 Å². The van der Waals surface area contributed by atoms with Gasteiger partial charge in [0, 0.05) is 19.3 Å². The molecule has 2 rings (SSSR count). The van der Waals surface area contributed by atoms with E-state index in [1.807, 2.05) is 46.0 Å². The van der Waals surface area contributed by atoms with Crippen LogP contribution in [0.4, 0.5) is 4.39 Å². The molecule has 0 spiro atoms. The average Bonchev–Trinajstić information content (AvgIpc) is 2.72. The molecule has 1 amide bonds. The van der Waals surface area contributed by atoms with Crippen molar-refractivity contribution in [2.24, 2.45) is 7.05 Å². The molecule has 0 bridgehead atoms. The van der Waals surface area contributed by atoms with Gasteiger partial charge < -0.3 is 10.2 Å². The summed E-state index contributed by atoms with van der Waals surface area (Å²) in [6.45, 7) is 4.08. The van der Waals surface area contributed by atoms with Crippen molar-refractivity contribution < 1.29 is 9.18 Å². The van der Waals surface area contributed by atoms with Gasteiger partial charge in [-0.15, -0.1) is 0 Å². The van der Waals surface area contributed by atoms with Gasteiger partial charge in [-0.2, -0.15) is 5.10 Å². The Morgan fingerprint density at radius 3 is 2.61 bits per heavy atom. The van der Waals surface area contributed by atoms with E-state index >= 15 is 0 Å². The minimum absolute atomic E-state index is 0.105. The van der Waals surface area contributed by atoms with Crippen LogP contribution in [-0.4, -0.2) is 41.2 Å². The number of hydrogen-bond acceptors (Lipinski definition) is 3. The van der Waals surface area contributed by atoms with Crippen LogP contribution in [0.5, 0.6) is 0 Å². The summed E-state index contributed by atoms with van der Waals surface area (Å²) in [6.07, 6.45) is 0. The molecule has 0 saturated heterocycles. The molecule has 0 aliphatic heterocycles. The first-order chi connectivity index (χ1) is 10.8. The molecular weight excluding hydrogens is 295 g/mol. The summed E-state index contributed by atoms with van der Waals surface area (Å²) in [5.41, 5.74) is 2.96. The third-order valence-corrected chi connectivity index (χ3v) is 4.05. The first kappa shape index (κ1) is 17.1. The standard InChI is InChI=1S/C17H23FN4O/c1-11-16(12(2)22(5)20-11)17(23)19-10-15(21(3)4)13-7-6-8-14(18)9-13/h6-9,15H,10H2,1-5H3,(H,19,23). The van der Waals surface area contributed by atoms with Crippen molar-refractivity contribution in [2.75, 3.05) is 20.6 Å². The number of carbonyl (C=O) groups is 1. The Morgan fingerprint density at radius 1 is 1.39 bits per heavy atom. The van der Waals surface area contributed by atoms with E-state index in [-0.39, 0.29) is 17.8 Å². The summed E-state index contributed by atoms with van der Waals surface area (Å²) in [5.74, 6) is -0.434. The first-order valence-corrected chi connectivity index (χ1v) is 7.51. The Morgan fingerprint density at radius 2 is 2.09 bits per heavy atom. The number of aromatic nitrogens is 2. The van der Waals surface area contributed by atoms with E-state index < -0.39 is 0 Å². The fourth-order valence-electron chi connectivity index (χ4n) is 2.69. The SMILES string of the molecule is Cc1nn(C)c(C)c1C(=O)NCC(c1cccc(F)c1)N(C)C. The van der Waals surface area contributed by atoms with Gasteiger partial charge >= 0.3 is 0 Å². The molecule has 0 aliphatic carbocycles. The lowest BCUT2D eigenvalue weighted by Crippen LogP contribution is -2.35. The van der Waals surface area contributed by atoms with Gasteiger partial charge in [0.15, 0.2) is 0 Å². The Balaban J connectivity index is 2.14. The second kappa shape index (κ2) is 6.91. The van der Waals surface area contributed by atoms with E-state index in [1.165, 1.54) is 12.1 Å². The van der Waals surface area contributed by atoms with Crippen LogP contribution in [0.25, 0.3) is 0 Å². The van der Waals surface area contributed by atoms with Gasteiger partial charge in [-0.1, -0.05) is 12.1 Å². The lowest BCUT2D eigenvalue weighted by atomic mass is 10.1. The topological polar surface area (TPSA) is 50.2 Å². The Hall–Kier alpha value is -2.21. The second-order valence-corrected chi connectivity index (χ2v) is 5.91. The molecule has 23 heavy (non-hydrogen) atoms. The monoisotopic (exact) mass is 318 g/mol. The zero-order valence-corrected chi connectivity index (χ0v) is 14.2. The number of rotatable bonds is 5. The maximum Gasteiger partial charge on any atom is 0.255 e. The van der Waals surface area contributed by atoms with Gasteiger partial charge in [-0.05, 0) is 45.6 Å². The largest absolute Gasteiger partial charge is 0.350 e. The Labute approximate surface area is 136 Å². The van der Waals surface area contributed by atoms with Crippen molar-refractivity contribution in [2.45, 2.75) is 19.9 Å². The smallest absolute Gasteiger partial charge is 0.255 e. The van der Waals surface area contributed by atoms with Crippen molar-refractivity contribution >= 4 is 5.91 Å². The number of aryl methyl sites for hydroxylation is 2. The zero-order chi connectivity index (χ0) is 17.1. The average molecular weight is 318 g/mol. The zero-order valence-electron chi connectivity index (χ0n) is 14.2. The van der Waals surface area contributed by atoms with E-state index in [2.05, 4.69) is 10.4 Å². The third-order valence-electron chi connectivity index (χ3n) is 4.05. The molecule has 124 valence electrons. The van der Waals surface area contributed by atoms with Gasteiger partial charge in [0.2, 0.25) is 0 Å². The number of benzene rings is 1. The number of carbonyl (C=O) groups excluding carboxylic acids is 1. The van der Waals surface area contributed by atoms with E-state index in [0.29, 0.717) is 17.8 Å². The van der Waals surface area contributed by atoms with Crippen molar-refractivity contribution in [3.05, 3.63) is 52.6 Å².